The highest BCUT2D eigenvalue weighted by molar-refractivity contribution is 5.97. The zero-order valence-electron chi connectivity index (χ0n) is 16.6. The van der Waals surface area contributed by atoms with E-state index in [-0.39, 0.29) is 17.9 Å². The summed E-state index contributed by atoms with van der Waals surface area (Å²) in [6, 6.07) is 8.56. The van der Waals surface area contributed by atoms with Crippen LogP contribution < -0.4 is 10.6 Å². The third kappa shape index (κ3) is 4.98. The molecule has 2 atom stereocenters. The van der Waals surface area contributed by atoms with Crippen molar-refractivity contribution in [2.75, 3.05) is 23.7 Å². The summed E-state index contributed by atoms with van der Waals surface area (Å²) in [7, 11) is 0. The SMILES string of the molecule is CCCN1CCCCC1C(=O)Nc1cccc(NC(=O)C(C)n2cccn2)c1. The zero-order chi connectivity index (χ0) is 19.9. The van der Waals surface area contributed by atoms with Gasteiger partial charge in [0.15, 0.2) is 0 Å². The predicted octanol–water partition coefficient (Wildman–Crippen LogP) is 3.29. The van der Waals surface area contributed by atoms with Crippen LogP contribution in [0.4, 0.5) is 11.4 Å². The van der Waals surface area contributed by atoms with E-state index in [1.165, 1.54) is 0 Å². The van der Waals surface area contributed by atoms with Gasteiger partial charge < -0.3 is 10.6 Å². The van der Waals surface area contributed by atoms with Gasteiger partial charge in [0.2, 0.25) is 11.8 Å². The maximum absolute atomic E-state index is 12.8. The third-order valence-electron chi connectivity index (χ3n) is 5.13. The van der Waals surface area contributed by atoms with Crippen molar-refractivity contribution >= 4 is 23.2 Å². The fourth-order valence-electron chi connectivity index (χ4n) is 3.62. The molecular formula is C21H29N5O2. The highest BCUT2D eigenvalue weighted by Crippen LogP contribution is 2.21. The first-order valence-electron chi connectivity index (χ1n) is 10.0. The lowest BCUT2D eigenvalue weighted by molar-refractivity contribution is -0.122. The lowest BCUT2D eigenvalue weighted by Gasteiger charge is -2.34. The van der Waals surface area contributed by atoms with Gasteiger partial charge in [0.05, 0.1) is 6.04 Å². The summed E-state index contributed by atoms with van der Waals surface area (Å²) >= 11 is 0. The molecule has 0 radical (unpaired) electrons. The first-order chi connectivity index (χ1) is 13.6. The van der Waals surface area contributed by atoms with Crippen molar-refractivity contribution in [1.82, 2.24) is 14.7 Å². The highest BCUT2D eigenvalue weighted by Gasteiger charge is 2.28. The summed E-state index contributed by atoms with van der Waals surface area (Å²) in [5.74, 6) is -0.130. The Hall–Kier alpha value is -2.67. The van der Waals surface area contributed by atoms with Crippen molar-refractivity contribution in [3.05, 3.63) is 42.7 Å². The van der Waals surface area contributed by atoms with Crippen molar-refractivity contribution in [2.45, 2.75) is 51.6 Å². The zero-order valence-corrected chi connectivity index (χ0v) is 16.6. The minimum Gasteiger partial charge on any atom is -0.325 e. The minimum absolute atomic E-state index is 0.0292. The van der Waals surface area contributed by atoms with E-state index in [0.29, 0.717) is 11.4 Å². The molecule has 28 heavy (non-hydrogen) atoms. The van der Waals surface area contributed by atoms with Gasteiger partial charge in [-0.2, -0.15) is 5.10 Å². The second-order valence-corrected chi connectivity index (χ2v) is 7.27. The summed E-state index contributed by atoms with van der Waals surface area (Å²) in [5, 5.41) is 10.0. The number of aromatic nitrogens is 2. The van der Waals surface area contributed by atoms with Crippen LogP contribution in [0.2, 0.25) is 0 Å². The molecule has 2 heterocycles. The van der Waals surface area contributed by atoms with E-state index in [9.17, 15) is 9.59 Å². The van der Waals surface area contributed by atoms with Gasteiger partial charge in [-0.3, -0.25) is 19.2 Å². The summed E-state index contributed by atoms with van der Waals surface area (Å²) in [5.41, 5.74) is 1.34. The smallest absolute Gasteiger partial charge is 0.248 e. The molecule has 1 aromatic carbocycles. The van der Waals surface area contributed by atoms with Crippen LogP contribution in [0.3, 0.4) is 0 Å². The molecule has 1 aliphatic rings. The van der Waals surface area contributed by atoms with Crippen LogP contribution in [-0.4, -0.2) is 45.6 Å². The standard InChI is InChI=1S/C21H29N5O2/c1-3-12-25-13-5-4-10-19(25)21(28)24-18-9-6-8-17(15-18)23-20(27)16(2)26-14-7-11-22-26/h6-9,11,14-16,19H,3-5,10,12-13H2,1-2H3,(H,23,27)(H,24,28). The number of anilines is 2. The van der Waals surface area contributed by atoms with Crippen molar-refractivity contribution < 1.29 is 9.59 Å². The van der Waals surface area contributed by atoms with Gasteiger partial charge in [0.1, 0.15) is 6.04 Å². The number of piperidine rings is 1. The van der Waals surface area contributed by atoms with E-state index in [1.807, 2.05) is 18.2 Å². The number of carbonyl (C=O) groups excluding carboxylic acids is 2. The molecule has 0 aliphatic carbocycles. The lowest BCUT2D eigenvalue weighted by atomic mass is 10.0. The molecule has 1 aromatic heterocycles. The Balaban J connectivity index is 1.62. The number of benzene rings is 1. The average Bonchev–Trinajstić information content (AvgIpc) is 3.23. The maximum atomic E-state index is 12.8. The van der Waals surface area contributed by atoms with E-state index < -0.39 is 6.04 Å². The average molecular weight is 383 g/mol. The molecule has 1 fully saturated rings. The number of likely N-dealkylation sites (tertiary alicyclic amines) is 1. The van der Waals surface area contributed by atoms with Crippen molar-refractivity contribution in [1.29, 1.82) is 0 Å². The van der Waals surface area contributed by atoms with Crippen LogP contribution in [-0.2, 0) is 9.59 Å². The number of amides is 2. The molecule has 0 saturated carbocycles. The summed E-state index contributed by atoms with van der Waals surface area (Å²) < 4.78 is 1.60. The Morgan fingerprint density at radius 2 is 2.00 bits per heavy atom. The van der Waals surface area contributed by atoms with E-state index in [1.54, 1.807) is 36.1 Å². The first kappa shape index (κ1) is 20.1. The molecule has 3 rings (SSSR count). The third-order valence-corrected chi connectivity index (χ3v) is 5.13. The normalized spacial score (nSPS) is 18.4. The minimum atomic E-state index is -0.418. The topological polar surface area (TPSA) is 79.3 Å². The Labute approximate surface area is 166 Å². The quantitative estimate of drug-likeness (QED) is 0.769. The number of nitrogens with zero attached hydrogens (tertiary/aromatic N) is 3. The van der Waals surface area contributed by atoms with E-state index in [4.69, 9.17) is 0 Å². The van der Waals surface area contributed by atoms with Gasteiger partial charge in [-0.25, -0.2) is 0 Å². The fraction of sp³-hybridized carbons (Fsp3) is 0.476. The monoisotopic (exact) mass is 383 g/mol. The summed E-state index contributed by atoms with van der Waals surface area (Å²) in [6.45, 7) is 5.85. The van der Waals surface area contributed by atoms with Gasteiger partial charge in [-0.15, -0.1) is 0 Å². The van der Waals surface area contributed by atoms with Gasteiger partial charge in [0.25, 0.3) is 0 Å². The highest BCUT2D eigenvalue weighted by atomic mass is 16.2. The van der Waals surface area contributed by atoms with Crippen LogP contribution in [0, 0.1) is 0 Å². The molecule has 2 amide bonds. The second kappa shape index (κ2) is 9.50. The van der Waals surface area contributed by atoms with Crippen LogP contribution in [0.5, 0.6) is 0 Å². The van der Waals surface area contributed by atoms with Gasteiger partial charge in [-0.1, -0.05) is 19.4 Å². The molecule has 2 aromatic rings. The van der Waals surface area contributed by atoms with E-state index >= 15 is 0 Å². The van der Waals surface area contributed by atoms with E-state index in [2.05, 4.69) is 27.6 Å². The molecule has 1 aliphatic heterocycles. The van der Waals surface area contributed by atoms with Gasteiger partial charge in [0, 0.05) is 23.8 Å². The first-order valence-corrected chi connectivity index (χ1v) is 10.0. The second-order valence-electron chi connectivity index (χ2n) is 7.27. The predicted molar refractivity (Wildman–Crippen MR) is 110 cm³/mol. The van der Waals surface area contributed by atoms with Crippen molar-refractivity contribution in [2.24, 2.45) is 0 Å². The Morgan fingerprint density at radius 1 is 1.21 bits per heavy atom. The summed E-state index contributed by atoms with van der Waals surface area (Å²) in [6.07, 6.45) is 7.57. The maximum Gasteiger partial charge on any atom is 0.248 e. The number of nitrogens with one attached hydrogen (secondary N) is 2. The van der Waals surface area contributed by atoms with Gasteiger partial charge in [-0.05, 0) is 63.5 Å². The number of hydrogen-bond donors (Lipinski definition) is 2. The summed E-state index contributed by atoms with van der Waals surface area (Å²) in [4.78, 5) is 27.5. The molecule has 7 nitrogen and oxygen atoms in total. The Morgan fingerprint density at radius 3 is 2.71 bits per heavy atom. The molecule has 1 saturated heterocycles. The fourth-order valence-corrected chi connectivity index (χ4v) is 3.62. The number of rotatable bonds is 7. The Bertz CT molecular complexity index is 788. The lowest BCUT2D eigenvalue weighted by Crippen LogP contribution is -2.47. The molecule has 0 bridgehead atoms. The van der Waals surface area contributed by atoms with Crippen molar-refractivity contribution in [3.8, 4) is 0 Å². The van der Waals surface area contributed by atoms with Crippen LogP contribution in [0.25, 0.3) is 0 Å². The number of hydrogen-bond acceptors (Lipinski definition) is 4. The van der Waals surface area contributed by atoms with Crippen LogP contribution in [0.1, 0.15) is 45.6 Å². The largest absolute Gasteiger partial charge is 0.325 e. The van der Waals surface area contributed by atoms with Crippen molar-refractivity contribution in [3.63, 3.8) is 0 Å². The molecular weight excluding hydrogens is 354 g/mol. The van der Waals surface area contributed by atoms with Crippen LogP contribution >= 0.6 is 0 Å². The molecule has 2 unspecified atom stereocenters. The van der Waals surface area contributed by atoms with Crippen LogP contribution in [0.15, 0.2) is 42.7 Å². The van der Waals surface area contributed by atoms with Gasteiger partial charge >= 0.3 is 0 Å². The number of carbonyl (C=O) groups is 2. The Kier molecular flexibility index (Phi) is 6.81. The molecule has 2 N–H and O–H groups in total. The molecule has 7 heteroatoms. The van der Waals surface area contributed by atoms with E-state index in [0.717, 1.165) is 38.8 Å². The molecule has 0 spiro atoms. The molecule has 150 valence electrons.